The minimum absolute atomic E-state index is 0.0304. The van der Waals surface area contributed by atoms with Crippen LogP contribution in [-0.2, 0) is 4.79 Å². The van der Waals surface area contributed by atoms with E-state index in [4.69, 9.17) is 5.11 Å². The predicted molar refractivity (Wildman–Crippen MR) is 76.8 cm³/mol. The molecule has 2 amide bonds. The summed E-state index contributed by atoms with van der Waals surface area (Å²) in [5.41, 5.74) is 0. The first kappa shape index (κ1) is 17.9. The molecule has 0 spiro atoms. The molecule has 1 aliphatic carbocycles. The number of carbonyl (C=O) groups is 2. The number of urea groups is 1. The molecule has 0 aromatic rings. The molecule has 132 valence electrons. The number of halogens is 3. The molecule has 1 saturated carbocycles. The number of likely N-dealkylation sites (tertiary alicyclic amines) is 1. The van der Waals surface area contributed by atoms with E-state index in [2.05, 4.69) is 5.32 Å². The van der Waals surface area contributed by atoms with Crippen molar-refractivity contribution in [3.05, 3.63) is 0 Å². The van der Waals surface area contributed by atoms with Crippen molar-refractivity contribution >= 4 is 12.0 Å². The van der Waals surface area contributed by atoms with Gasteiger partial charge in [-0.05, 0) is 38.0 Å². The van der Waals surface area contributed by atoms with Crippen molar-refractivity contribution in [1.29, 1.82) is 0 Å². The number of hydrogen-bond donors (Lipinski definition) is 2. The lowest BCUT2D eigenvalue weighted by Crippen LogP contribution is -2.52. The third-order valence-corrected chi connectivity index (χ3v) is 4.81. The predicted octanol–water partition coefficient (Wildman–Crippen LogP) is 2.86. The molecule has 2 rings (SSSR count). The Balaban J connectivity index is 1.84. The number of alkyl halides is 3. The number of rotatable bonds is 2. The molecule has 1 saturated heterocycles. The topological polar surface area (TPSA) is 69.6 Å². The Morgan fingerprint density at radius 3 is 2.26 bits per heavy atom. The number of carbonyl (C=O) groups excluding carboxylic acids is 1. The average Bonchev–Trinajstić information content (AvgIpc) is 2.46. The van der Waals surface area contributed by atoms with E-state index in [9.17, 15) is 22.8 Å². The molecular weight excluding hydrogens is 313 g/mol. The summed E-state index contributed by atoms with van der Waals surface area (Å²) in [4.78, 5) is 24.9. The largest absolute Gasteiger partial charge is 0.481 e. The zero-order valence-electron chi connectivity index (χ0n) is 13.1. The SMILES string of the molecule is CC1CC(C(=O)O)CN(C(=O)NC2CCC(C(F)(F)F)CC2)C1. The van der Waals surface area contributed by atoms with Gasteiger partial charge in [-0.3, -0.25) is 4.79 Å². The van der Waals surface area contributed by atoms with Gasteiger partial charge in [-0.15, -0.1) is 0 Å². The van der Waals surface area contributed by atoms with E-state index in [1.807, 2.05) is 6.92 Å². The lowest BCUT2D eigenvalue weighted by Gasteiger charge is -2.37. The van der Waals surface area contributed by atoms with Crippen LogP contribution in [0.25, 0.3) is 0 Å². The number of carboxylic acids is 1. The van der Waals surface area contributed by atoms with Crippen molar-refractivity contribution in [1.82, 2.24) is 10.2 Å². The van der Waals surface area contributed by atoms with Crippen molar-refractivity contribution in [2.75, 3.05) is 13.1 Å². The van der Waals surface area contributed by atoms with Crippen molar-refractivity contribution in [2.24, 2.45) is 17.8 Å². The van der Waals surface area contributed by atoms with Crippen molar-refractivity contribution in [2.45, 2.75) is 51.2 Å². The van der Waals surface area contributed by atoms with E-state index >= 15 is 0 Å². The van der Waals surface area contributed by atoms with Gasteiger partial charge in [-0.25, -0.2) is 4.79 Å². The molecule has 23 heavy (non-hydrogen) atoms. The highest BCUT2D eigenvalue weighted by Crippen LogP contribution is 2.37. The summed E-state index contributed by atoms with van der Waals surface area (Å²) in [6, 6.07) is -0.625. The molecule has 2 N–H and O–H groups in total. The van der Waals surface area contributed by atoms with Gasteiger partial charge in [0.15, 0.2) is 0 Å². The van der Waals surface area contributed by atoms with Crippen molar-refractivity contribution < 1.29 is 27.9 Å². The minimum Gasteiger partial charge on any atom is -0.481 e. The van der Waals surface area contributed by atoms with Crippen LogP contribution in [-0.4, -0.2) is 47.3 Å². The second-order valence-corrected chi connectivity index (χ2v) is 6.82. The normalized spacial score (nSPS) is 32.4. The molecule has 0 aromatic heterocycles. The number of nitrogens with one attached hydrogen (secondary N) is 1. The van der Waals surface area contributed by atoms with Crippen molar-refractivity contribution in [3.8, 4) is 0 Å². The average molecular weight is 336 g/mol. The summed E-state index contributed by atoms with van der Waals surface area (Å²) in [7, 11) is 0. The number of amides is 2. The van der Waals surface area contributed by atoms with Gasteiger partial charge in [-0.1, -0.05) is 6.92 Å². The summed E-state index contributed by atoms with van der Waals surface area (Å²) in [6.07, 6.45) is -2.95. The van der Waals surface area contributed by atoms with Gasteiger partial charge in [0, 0.05) is 19.1 Å². The fourth-order valence-corrected chi connectivity index (χ4v) is 3.53. The third-order valence-electron chi connectivity index (χ3n) is 4.81. The Morgan fingerprint density at radius 2 is 1.74 bits per heavy atom. The van der Waals surface area contributed by atoms with Crippen LogP contribution in [0, 0.1) is 17.8 Å². The molecular formula is C15H23F3N2O3. The lowest BCUT2D eigenvalue weighted by molar-refractivity contribution is -0.182. The quantitative estimate of drug-likeness (QED) is 0.815. The molecule has 2 atom stereocenters. The molecule has 2 unspecified atom stereocenters. The highest BCUT2D eigenvalue weighted by molar-refractivity contribution is 5.76. The molecule has 0 radical (unpaired) electrons. The number of aliphatic carboxylic acids is 1. The van der Waals surface area contributed by atoms with Gasteiger partial charge in [0.1, 0.15) is 0 Å². The van der Waals surface area contributed by atoms with Crippen LogP contribution in [0.4, 0.5) is 18.0 Å². The number of piperidine rings is 1. The molecule has 2 fully saturated rings. The fraction of sp³-hybridized carbons (Fsp3) is 0.867. The highest BCUT2D eigenvalue weighted by atomic mass is 19.4. The smallest absolute Gasteiger partial charge is 0.391 e. The maximum absolute atomic E-state index is 12.6. The van der Waals surface area contributed by atoms with Gasteiger partial charge in [0.25, 0.3) is 0 Å². The van der Waals surface area contributed by atoms with Crippen LogP contribution in [0.15, 0.2) is 0 Å². The van der Waals surface area contributed by atoms with E-state index in [1.165, 1.54) is 4.90 Å². The van der Waals surface area contributed by atoms with Gasteiger partial charge in [0.05, 0.1) is 11.8 Å². The Kier molecular flexibility index (Phi) is 5.41. The molecule has 1 aliphatic heterocycles. The van der Waals surface area contributed by atoms with Gasteiger partial charge in [0.2, 0.25) is 0 Å². The monoisotopic (exact) mass is 336 g/mol. The zero-order chi connectivity index (χ0) is 17.2. The van der Waals surface area contributed by atoms with E-state index in [0.29, 0.717) is 25.8 Å². The number of carboxylic acid groups (broad SMARTS) is 1. The minimum atomic E-state index is -4.16. The molecule has 0 bridgehead atoms. The summed E-state index contributed by atoms with van der Waals surface area (Å²) in [5.74, 6) is -2.68. The van der Waals surface area contributed by atoms with E-state index in [0.717, 1.165) is 0 Å². The van der Waals surface area contributed by atoms with Crippen LogP contribution in [0.3, 0.4) is 0 Å². The fourth-order valence-electron chi connectivity index (χ4n) is 3.53. The first-order valence-corrected chi connectivity index (χ1v) is 8.01. The van der Waals surface area contributed by atoms with Crippen LogP contribution >= 0.6 is 0 Å². The first-order valence-electron chi connectivity index (χ1n) is 8.01. The summed E-state index contributed by atoms with van der Waals surface area (Å²) >= 11 is 0. The lowest BCUT2D eigenvalue weighted by atomic mass is 9.85. The van der Waals surface area contributed by atoms with Gasteiger partial charge < -0.3 is 15.3 Å². The zero-order valence-corrected chi connectivity index (χ0v) is 13.1. The summed E-state index contributed by atoms with van der Waals surface area (Å²) in [5, 5.41) is 11.9. The van der Waals surface area contributed by atoms with E-state index in [1.54, 1.807) is 0 Å². The van der Waals surface area contributed by atoms with Crippen LogP contribution < -0.4 is 5.32 Å². The second kappa shape index (κ2) is 6.97. The Bertz CT molecular complexity index is 448. The molecule has 8 heteroatoms. The summed E-state index contributed by atoms with van der Waals surface area (Å²) in [6.45, 7) is 2.53. The maximum atomic E-state index is 12.6. The number of nitrogens with zero attached hydrogens (tertiary/aromatic N) is 1. The highest BCUT2D eigenvalue weighted by Gasteiger charge is 2.42. The molecule has 5 nitrogen and oxygen atoms in total. The van der Waals surface area contributed by atoms with Gasteiger partial charge >= 0.3 is 18.2 Å². The first-order chi connectivity index (χ1) is 10.7. The Hall–Kier alpha value is -1.47. The Morgan fingerprint density at radius 1 is 1.13 bits per heavy atom. The molecule has 0 aromatic carbocycles. The third kappa shape index (κ3) is 4.75. The maximum Gasteiger partial charge on any atom is 0.391 e. The molecule has 1 heterocycles. The van der Waals surface area contributed by atoms with Crippen molar-refractivity contribution in [3.63, 3.8) is 0 Å². The standard InChI is InChI=1S/C15H23F3N2O3/c1-9-6-10(13(21)22)8-20(7-9)14(23)19-12-4-2-11(3-5-12)15(16,17)18/h9-12H,2-8H2,1H3,(H,19,23)(H,21,22). The Labute approximate surface area is 133 Å². The van der Waals surface area contributed by atoms with E-state index < -0.39 is 24.0 Å². The van der Waals surface area contributed by atoms with E-state index in [-0.39, 0.29) is 37.4 Å². The van der Waals surface area contributed by atoms with Crippen LogP contribution in [0.1, 0.15) is 39.0 Å². The van der Waals surface area contributed by atoms with Crippen LogP contribution in [0.2, 0.25) is 0 Å². The number of hydrogen-bond acceptors (Lipinski definition) is 2. The molecule has 2 aliphatic rings. The van der Waals surface area contributed by atoms with Crippen LogP contribution in [0.5, 0.6) is 0 Å². The van der Waals surface area contributed by atoms with Gasteiger partial charge in [-0.2, -0.15) is 13.2 Å². The summed E-state index contributed by atoms with van der Waals surface area (Å²) < 4.78 is 37.9. The second-order valence-electron chi connectivity index (χ2n) is 6.82.